The van der Waals surface area contributed by atoms with Gasteiger partial charge in [-0.05, 0) is 25.0 Å². The second-order valence-electron chi connectivity index (χ2n) is 6.69. The average Bonchev–Trinajstić information content (AvgIpc) is 2.62. The molecule has 0 saturated carbocycles. The van der Waals surface area contributed by atoms with Gasteiger partial charge in [-0.2, -0.15) is 0 Å². The predicted octanol–water partition coefficient (Wildman–Crippen LogP) is 4.54. The lowest BCUT2D eigenvalue weighted by molar-refractivity contribution is -0.148. The highest BCUT2D eigenvalue weighted by Gasteiger charge is 2.41. The number of benzene rings is 2. The Balaban J connectivity index is 2.30. The van der Waals surface area contributed by atoms with E-state index in [1.54, 1.807) is 12.1 Å². The van der Waals surface area contributed by atoms with Gasteiger partial charge in [0.25, 0.3) is 0 Å². The van der Waals surface area contributed by atoms with Crippen LogP contribution >= 0.6 is 11.8 Å². The minimum absolute atomic E-state index is 0.136. The van der Waals surface area contributed by atoms with E-state index in [2.05, 4.69) is 0 Å². The van der Waals surface area contributed by atoms with Crippen LogP contribution < -0.4 is 0 Å². The first-order valence-electron chi connectivity index (χ1n) is 8.30. The molecule has 0 aromatic heterocycles. The first-order chi connectivity index (χ1) is 12.2. The maximum absolute atomic E-state index is 13.0. The van der Waals surface area contributed by atoms with Gasteiger partial charge in [0.05, 0.1) is 5.41 Å². The molecule has 1 atom stereocenters. The zero-order valence-corrected chi connectivity index (χ0v) is 15.9. The topological polar surface area (TPSA) is 71.4 Å². The Kier molecular flexibility index (Phi) is 6.37. The monoisotopic (exact) mass is 370 g/mol. The number of hydrogen-bond acceptors (Lipinski definition) is 4. The van der Waals surface area contributed by atoms with Crippen molar-refractivity contribution in [1.82, 2.24) is 0 Å². The Bertz CT molecular complexity index is 795. The molecule has 1 unspecified atom stereocenters. The van der Waals surface area contributed by atoms with Crippen LogP contribution in [0.15, 0.2) is 54.6 Å². The van der Waals surface area contributed by atoms with Gasteiger partial charge in [0.2, 0.25) is 0 Å². The van der Waals surface area contributed by atoms with Crippen molar-refractivity contribution in [2.45, 2.75) is 20.8 Å². The van der Waals surface area contributed by atoms with Gasteiger partial charge in [-0.25, -0.2) is 0 Å². The third-order valence-electron chi connectivity index (χ3n) is 4.47. The van der Waals surface area contributed by atoms with Crippen molar-refractivity contribution in [2.75, 3.05) is 5.75 Å². The number of carbonyl (C=O) groups excluding carboxylic acids is 2. The van der Waals surface area contributed by atoms with Gasteiger partial charge < -0.3 is 5.11 Å². The third kappa shape index (κ3) is 4.61. The fraction of sp³-hybridized carbons (Fsp3) is 0.286. The van der Waals surface area contributed by atoms with Crippen LogP contribution in [0.2, 0.25) is 0 Å². The minimum atomic E-state index is -1.27. The Labute approximate surface area is 157 Å². The molecule has 0 fully saturated rings. The van der Waals surface area contributed by atoms with Crippen LogP contribution in [-0.4, -0.2) is 27.7 Å². The first kappa shape index (κ1) is 19.9. The Hall–Kier alpha value is -2.40. The molecule has 26 heavy (non-hydrogen) atoms. The molecule has 0 bridgehead atoms. The summed E-state index contributed by atoms with van der Waals surface area (Å²) in [4.78, 5) is 35.9. The summed E-state index contributed by atoms with van der Waals surface area (Å²) in [6, 6.07) is 16.9. The van der Waals surface area contributed by atoms with Crippen molar-refractivity contribution in [3.05, 3.63) is 60.2 Å². The minimum Gasteiger partial charge on any atom is -0.481 e. The molecule has 2 rings (SSSR count). The van der Waals surface area contributed by atoms with Crippen molar-refractivity contribution in [2.24, 2.45) is 11.3 Å². The lowest BCUT2D eigenvalue weighted by atomic mass is 9.76. The van der Waals surface area contributed by atoms with Crippen molar-refractivity contribution in [1.29, 1.82) is 0 Å². The highest BCUT2D eigenvalue weighted by Crippen LogP contribution is 2.33. The zero-order chi connectivity index (χ0) is 19.3. The summed E-state index contributed by atoms with van der Waals surface area (Å²) in [5.41, 5.74) is 1.21. The Morgan fingerprint density at radius 2 is 1.50 bits per heavy atom. The van der Waals surface area contributed by atoms with Gasteiger partial charge in [0, 0.05) is 24.2 Å². The third-order valence-corrected chi connectivity index (χ3v) is 5.38. The number of carbonyl (C=O) groups is 3. The van der Waals surface area contributed by atoms with Crippen LogP contribution in [0.1, 0.15) is 31.1 Å². The van der Waals surface area contributed by atoms with Crippen molar-refractivity contribution < 1.29 is 19.5 Å². The summed E-state index contributed by atoms with van der Waals surface area (Å²) in [5, 5.41) is 9.38. The van der Waals surface area contributed by atoms with Gasteiger partial charge in [-0.1, -0.05) is 66.4 Å². The molecule has 2 aromatic rings. The quantitative estimate of drug-likeness (QED) is 0.724. The summed E-state index contributed by atoms with van der Waals surface area (Å²) in [7, 11) is 0. The molecule has 0 spiro atoms. The average molecular weight is 370 g/mol. The molecule has 0 amide bonds. The lowest BCUT2D eigenvalue weighted by Gasteiger charge is -2.29. The number of thioether (sulfide) groups is 1. The van der Waals surface area contributed by atoms with E-state index in [1.807, 2.05) is 42.5 Å². The fourth-order valence-corrected chi connectivity index (χ4v) is 3.59. The van der Waals surface area contributed by atoms with Crippen molar-refractivity contribution >= 4 is 28.6 Å². The number of hydrogen-bond donors (Lipinski definition) is 1. The van der Waals surface area contributed by atoms with Gasteiger partial charge in [0.15, 0.2) is 10.9 Å². The summed E-state index contributed by atoms with van der Waals surface area (Å²) >= 11 is 0.984. The summed E-state index contributed by atoms with van der Waals surface area (Å²) in [6.07, 6.45) is 0. The number of ketones is 1. The molecule has 0 radical (unpaired) electrons. The molecule has 2 aromatic carbocycles. The van der Waals surface area contributed by atoms with Gasteiger partial charge >= 0.3 is 5.97 Å². The molecular formula is C21H22O4S. The predicted molar refractivity (Wildman–Crippen MR) is 104 cm³/mol. The van der Waals surface area contributed by atoms with E-state index in [4.69, 9.17) is 0 Å². The van der Waals surface area contributed by atoms with E-state index in [0.29, 0.717) is 5.56 Å². The van der Waals surface area contributed by atoms with Crippen LogP contribution in [0.25, 0.3) is 11.1 Å². The summed E-state index contributed by atoms with van der Waals surface area (Å²) in [6.45, 7) is 4.46. The van der Waals surface area contributed by atoms with Crippen molar-refractivity contribution in [3.8, 4) is 11.1 Å². The van der Waals surface area contributed by atoms with Crippen LogP contribution in [0.3, 0.4) is 0 Å². The molecule has 0 aliphatic heterocycles. The summed E-state index contributed by atoms with van der Waals surface area (Å²) in [5.74, 6) is -1.96. The van der Waals surface area contributed by atoms with Gasteiger partial charge in [-0.15, -0.1) is 0 Å². The van der Waals surface area contributed by atoms with Crippen molar-refractivity contribution in [3.63, 3.8) is 0 Å². The molecule has 4 nitrogen and oxygen atoms in total. The van der Waals surface area contributed by atoms with Crippen LogP contribution in [0.4, 0.5) is 0 Å². The van der Waals surface area contributed by atoms with Gasteiger partial charge in [-0.3, -0.25) is 14.4 Å². The van der Waals surface area contributed by atoms with E-state index in [0.717, 1.165) is 22.9 Å². The number of aliphatic carboxylic acids is 1. The molecule has 136 valence electrons. The maximum Gasteiger partial charge on any atom is 0.309 e. The van der Waals surface area contributed by atoms with E-state index in [9.17, 15) is 19.5 Å². The smallest absolute Gasteiger partial charge is 0.309 e. The molecule has 0 aliphatic rings. The maximum atomic E-state index is 13.0. The largest absolute Gasteiger partial charge is 0.481 e. The van der Waals surface area contributed by atoms with Crippen LogP contribution in [-0.2, 0) is 9.59 Å². The standard InChI is InChI=1S/C21H22O4S/c1-14(22)26-13-18(21(2,3)20(24)25)19(23)17-11-9-16(10-12-17)15-7-5-4-6-8-15/h4-12,18H,13H2,1-3H3,(H,24,25). The fourth-order valence-electron chi connectivity index (χ4n) is 2.62. The first-order valence-corrected chi connectivity index (χ1v) is 9.28. The molecule has 0 heterocycles. The molecule has 5 heteroatoms. The number of carboxylic acids is 1. The Morgan fingerprint density at radius 3 is 2.00 bits per heavy atom. The van der Waals surface area contributed by atoms with Gasteiger partial charge in [0.1, 0.15) is 0 Å². The van der Waals surface area contributed by atoms with Crippen LogP contribution in [0, 0.1) is 11.3 Å². The number of rotatable bonds is 7. The molecular weight excluding hydrogens is 348 g/mol. The highest BCUT2D eigenvalue weighted by molar-refractivity contribution is 8.13. The van der Waals surface area contributed by atoms with E-state index < -0.39 is 17.3 Å². The molecule has 0 aliphatic carbocycles. The SMILES string of the molecule is CC(=O)SCC(C(=O)c1ccc(-c2ccccc2)cc1)C(C)(C)C(=O)O. The van der Waals surface area contributed by atoms with E-state index >= 15 is 0 Å². The Morgan fingerprint density at radius 1 is 0.962 bits per heavy atom. The second-order valence-corrected chi connectivity index (χ2v) is 7.89. The normalized spacial score (nSPS) is 12.4. The lowest BCUT2D eigenvalue weighted by Crippen LogP contribution is -2.39. The molecule has 1 N–H and O–H groups in total. The van der Waals surface area contributed by atoms with Crippen LogP contribution in [0.5, 0.6) is 0 Å². The highest BCUT2D eigenvalue weighted by atomic mass is 32.2. The second kappa shape index (κ2) is 8.32. The zero-order valence-electron chi connectivity index (χ0n) is 15.1. The number of Topliss-reactive ketones (excluding diaryl/α,β-unsaturated/α-hetero) is 1. The number of carboxylic acid groups (broad SMARTS) is 1. The summed E-state index contributed by atoms with van der Waals surface area (Å²) < 4.78 is 0. The van der Waals surface area contributed by atoms with E-state index in [1.165, 1.54) is 20.8 Å². The molecule has 0 saturated heterocycles. The van der Waals surface area contributed by atoms with E-state index in [-0.39, 0.29) is 16.7 Å².